The van der Waals surface area contributed by atoms with Gasteiger partial charge in [0.05, 0.1) is 12.2 Å². The molecule has 2 heterocycles. The molecule has 0 spiro atoms. The van der Waals surface area contributed by atoms with Crippen LogP contribution >= 0.6 is 12.4 Å². The maximum atomic E-state index is 12.3. The Labute approximate surface area is 291 Å². The van der Waals surface area contributed by atoms with Gasteiger partial charge in [0.15, 0.2) is 5.78 Å². The molecule has 7 heteroatoms. The summed E-state index contributed by atoms with van der Waals surface area (Å²) in [6.45, 7) is 21.2. The van der Waals surface area contributed by atoms with Crippen LogP contribution in [0.2, 0.25) is 0 Å². The molecule has 2 aromatic carbocycles. The summed E-state index contributed by atoms with van der Waals surface area (Å²) < 4.78 is 0. The predicted octanol–water partition coefficient (Wildman–Crippen LogP) is 7.43. The predicted molar refractivity (Wildman–Crippen MR) is 199 cm³/mol. The molecule has 47 heavy (non-hydrogen) atoms. The number of ketones is 2. The van der Waals surface area contributed by atoms with Gasteiger partial charge in [-0.05, 0) is 94.5 Å². The van der Waals surface area contributed by atoms with Crippen molar-refractivity contribution in [2.75, 3.05) is 32.7 Å². The fourth-order valence-electron chi connectivity index (χ4n) is 5.84. The highest BCUT2D eigenvalue weighted by atomic mass is 35.5. The van der Waals surface area contributed by atoms with Crippen LogP contribution in [0.25, 0.3) is 0 Å². The van der Waals surface area contributed by atoms with Crippen LogP contribution in [-0.2, 0) is 20.4 Å². The van der Waals surface area contributed by atoms with E-state index in [1.165, 1.54) is 22.3 Å². The fourth-order valence-corrected chi connectivity index (χ4v) is 5.84. The van der Waals surface area contributed by atoms with Gasteiger partial charge in [-0.2, -0.15) is 0 Å². The lowest BCUT2D eigenvalue weighted by Crippen LogP contribution is -2.37. The second-order valence-electron chi connectivity index (χ2n) is 14.9. The van der Waals surface area contributed by atoms with Crippen molar-refractivity contribution >= 4 is 24.0 Å². The van der Waals surface area contributed by atoms with Gasteiger partial charge in [0, 0.05) is 38.9 Å². The molecular formula is C40H63ClN2O4. The second-order valence-corrected chi connectivity index (χ2v) is 14.9. The number of benzene rings is 2. The fraction of sp³-hybridized carbons (Fsp3) is 0.600. The van der Waals surface area contributed by atoms with Crippen molar-refractivity contribution in [3.05, 3.63) is 82.4 Å². The highest BCUT2D eigenvalue weighted by Crippen LogP contribution is 2.29. The highest BCUT2D eigenvalue weighted by Gasteiger charge is 2.25. The van der Waals surface area contributed by atoms with Gasteiger partial charge in [0.1, 0.15) is 5.78 Å². The van der Waals surface area contributed by atoms with Gasteiger partial charge < -0.3 is 20.4 Å². The van der Waals surface area contributed by atoms with Gasteiger partial charge in [-0.25, -0.2) is 0 Å². The summed E-state index contributed by atoms with van der Waals surface area (Å²) in [5, 5.41) is 21.5. The van der Waals surface area contributed by atoms with Crippen molar-refractivity contribution in [2.45, 2.75) is 123 Å². The number of nitrogens with zero attached hydrogens (tertiary/aromatic N) is 1. The van der Waals surface area contributed by atoms with Crippen LogP contribution in [0, 0.1) is 13.8 Å². The van der Waals surface area contributed by atoms with Crippen LogP contribution < -0.4 is 5.32 Å². The quantitative estimate of drug-likeness (QED) is 0.228. The average molecular weight is 671 g/mol. The summed E-state index contributed by atoms with van der Waals surface area (Å²) in [5.74, 6) is 0.535. The Bertz CT molecular complexity index is 1220. The van der Waals surface area contributed by atoms with Crippen LogP contribution in [0.3, 0.4) is 0 Å². The summed E-state index contributed by atoms with van der Waals surface area (Å²) in [4.78, 5) is 26.5. The van der Waals surface area contributed by atoms with Crippen LogP contribution in [0.15, 0.2) is 60.2 Å². The first-order valence-corrected chi connectivity index (χ1v) is 17.2. The summed E-state index contributed by atoms with van der Waals surface area (Å²) in [6, 6.07) is 16.9. The number of hydrogen-bond acceptors (Lipinski definition) is 6. The molecule has 0 unspecified atom stereocenters. The number of Topliss-reactive ketones (excluding diaryl/α,β-unsaturated/α-hetero) is 1. The Hall–Kier alpha value is -2.35. The smallest absolute Gasteiger partial charge is 0.156 e. The topological polar surface area (TPSA) is 89.9 Å². The molecule has 2 aliphatic rings. The number of halogens is 1. The summed E-state index contributed by atoms with van der Waals surface area (Å²) >= 11 is 0. The minimum absolute atomic E-state index is 0. The number of rotatable bonds is 10. The van der Waals surface area contributed by atoms with Gasteiger partial charge in [-0.1, -0.05) is 92.9 Å². The summed E-state index contributed by atoms with van der Waals surface area (Å²) in [5.41, 5.74) is 5.80. The van der Waals surface area contributed by atoms with Gasteiger partial charge in [0.2, 0.25) is 0 Å². The minimum Gasteiger partial charge on any atom is -0.393 e. The summed E-state index contributed by atoms with van der Waals surface area (Å²) in [6.07, 6.45) is 6.86. The molecule has 0 atom stereocenters. The lowest BCUT2D eigenvalue weighted by Gasteiger charge is -2.30. The molecule has 2 aliphatic heterocycles. The molecule has 0 saturated carbocycles. The zero-order chi connectivity index (χ0) is 34.3. The molecule has 2 saturated heterocycles. The van der Waals surface area contributed by atoms with Crippen molar-refractivity contribution < 1.29 is 19.8 Å². The molecule has 264 valence electrons. The van der Waals surface area contributed by atoms with Crippen LogP contribution in [0.1, 0.15) is 109 Å². The number of aliphatic hydroxyl groups excluding tert-OH is 2. The van der Waals surface area contributed by atoms with E-state index in [0.29, 0.717) is 25.0 Å². The molecule has 0 aliphatic carbocycles. The van der Waals surface area contributed by atoms with E-state index in [2.05, 4.69) is 100 Å². The average Bonchev–Trinajstić information content (AvgIpc) is 2.97. The first-order chi connectivity index (χ1) is 21.6. The Morgan fingerprint density at radius 3 is 1.60 bits per heavy atom. The number of aliphatic hydroxyl groups is 2. The zero-order valence-corrected chi connectivity index (χ0v) is 31.2. The van der Waals surface area contributed by atoms with E-state index in [0.717, 1.165) is 64.0 Å². The van der Waals surface area contributed by atoms with Crippen LogP contribution in [0.4, 0.5) is 0 Å². The molecule has 3 N–H and O–H groups in total. The number of hydrogen-bond donors (Lipinski definition) is 3. The summed E-state index contributed by atoms with van der Waals surface area (Å²) in [7, 11) is 0. The van der Waals surface area contributed by atoms with Crippen molar-refractivity contribution in [3.63, 3.8) is 0 Å². The number of likely N-dealkylation sites (tertiary alicyclic amines) is 1. The Morgan fingerprint density at radius 2 is 1.19 bits per heavy atom. The molecule has 0 bridgehead atoms. The van der Waals surface area contributed by atoms with Crippen molar-refractivity contribution in [1.82, 2.24) is 10.2 Å². The van der Waals surface area contributed by atoms with Crippen molar-refractivity contribution in [2.24, 2.45) is 0 Å². The van der Waals surface area contributed by atoms with Gasteiger partial charge in [0.25, 0.3) is 0 Å². The zero-order valence-electron chi connectivity index (χ0n) is 30.4. The van der Waals surface area contributed by atoms with E-state index < -0.39 is 0 Å². The van der Waals surface area contributed by atoms with Gasteiger partial charge >= 0.3 is 0 Å². The lowest BCUT2D eigenvalue weighted by molar-refractivity contribution is -0.120. The monoisotopic (exact) mass is 670 g/mol. The third kappa shape index (κ3) is 17.0. The van der Waals surface area contributed by atoms with Crippen LogP contribution in [0.5, 0.6) is 0 Å². The van der Waals surface area contributed by atoms with Crippen LogP contribution in [-0.4, -0.2) is 71.6 Å². The molecule has 6 nitrogen and oxygen atoms in total. The number of allylic oxidation sites excluding steroid dienone is 2. The first kappa shape index (κ1) is 42.7. The van der Waals surface area contributed by atoms with Crippen molar-refractivity contribution in [1.29, 1.82) is 0 Å². The Morgan fingerprint density at radius 1 is 0.766 bits per heavy atom. The Balaban J connectivity index is 0.000000390. The number of aryl methyl sites for hydroxylation is 2. The maximum Gasteiger partial charge on any atom is 0.156 e. The second kappa shape index (κ2) is 20.9. The van der Waals surface area contributed by atoms with E-state index >= 15 is 0 Å². The molecule has 4 rings (SSSR count). The Kier molecular flexibility index (Phi) is 19.0. The standard InChI is InChI=1S/C19H29NO2.C16H22O.C5H11NO.ClH/c1-15-4-6-16(7-5-15)19(2,3)14-18(22)10-13-20-11-8-17(21)9-12-20;1-12(2)10-15(17)11-16(4,5)14-8-6-13(3)7-9-14;7-5-1-3-6-4-2-5;/h4-7,17,21H,8-14H2,1-3H3;6-10H,11H2,1-5H3;5-7H,1-4H2;1H. The number of carbonyl (C=O) groups is 2. The minimum atomic E-state index is -0.146. The van der Waals surface area contributed by atoms with Crippen molar-refractivity contribution in [3.8, 4) is 0 Å². The third-order valence-corrected chi connectivity index (χ3v) is 8.94. The van der Waals surface area contributed by atoms with Gasteiger partial charge in [-0.3, -0.25) is 9.59 Å². The molecule has 0 radical (unpaired) electrons. The number of carbonyl (C=O) groups excluding carboxylic acids is 2. The maximum absolute atomic E-state index is 12.3. The molecule has 0 aromatic heterocycles. The highest BCUT2D eigenvalue weighted by molar-refractivity contribution is 5.91. The van der Waals surface area contributed by atoms with E-state index in [-0.39, 0.29) is 41.2 Å². The number of nitrogens with one attached hydrogen (secondary N) is 1. The lowest BCUT2D eigenvalue weighted by atomic mass is 9.79. The molecule has 0 amide bonds. The van der Waals surface area contributed by atoms with E-state index in [4.69, 9.17) is 5.11 Å². The largest absolute Gasteiger partial charge is 0.393 e. The first-order valence-electron chi connectivity index (χ1n) is 17.2. The van der Waals surface area contributed by atoms with Gasteiger partial charge in [-0.15, -0.1) is 12.4 Å². The number of piperidine rings is 2. The SMILES string of the molecule is CC(C)=CC(=O)CC(C)(C)c1ccc(C)cc1.Cc1ccc(C(C)(C)CC(=O)CCN2CCC(O)CC2)cc1.Cl.OC1CCNCC1. The van der Waals surface area contributed by atoms with E-state index in [1.54, 1.807) is 6.08 Å². The van der Waals surface area contributed by atoms with E-state index in [1.807, 2.05) is 13.8 Å². The van der Waals surface area contributed by atoms with E-state index in [9.17, 15) is 14.7 Å². The molecular weight excluding hydrogens is 608 g/mol. The third-order valence-electron chi connectivity index (χ3n) is 8.94. The molecule has 2 fully saturated rings. The normalized spacial score (nSPS) is 16.0. The molecule has 2 aromatic rings.